The van der Waals surface area contributed by atoms with Crippen molar-refractivity contribution in [3.05, 3.63) is 60.3 Å². The van der Waals surface area contributed by atoms with E-state index in [1.54, 1.807) is 0 Å². The van der Waals surface area contributed by atoms with Gasteiger partial charge in [0.2, 0.25) is 0 Å². The van der Waals surface area contributed by atoms with Crippen molar-refractivity contribution in [2.45, 2.75) is 26.3 Å². The van der Waals surface area contributed by atoms with E-state index in [1.807, 2.05) is 24.7 Å². The van der Waals surface area contributed by atoms with Gasteiger partial charge in [0.25, 0.3) is 0 Å². The molecule has 0 aliphatic rings. The molecule has 19 heavy (non-hydrogen) atoms. The van der Waals surface area contributed by atoms with Gasteiger partial charge >= 0.3 is 0 Å². The van der Waals surface area contributed by atoms with E-state index in [0.29, 0.717) is 0 Å². The van der Waals surface area contributed by atoms with Crippen LogP contribution in [-0.4, -0.2) is 14.5 Å². The molecule has 0 atom stereocenters. The quantitative estimate of drug-likeness (QED) is 0.711. The van der Waals surface area contributed by atoms with Crippen molar-refractivity contribution < 1.29 is 0 Å². The summed E-state index contributed by atoms with van der Waals surface area (Å²) >= 11 is 0. The van der Waals surface area contributed by atoms with E-state index < -0.39 is 0 Å². The molecule has 96 valence electrons. The predicted molar refractivity (Wildman–Crippen MR) is 77.1 cm³/mol. The molecule has 0 spiro atoms. The van der Waals surface area contributed by atoms with Gasteiger partial charge in [0.15, 0.2) is 0 Å². The minimum absolute atomic E-state index is 0.837. The second kappa shape index (κ2) is 5.22. The highest BCUT2D eigenvalue weighted by atomic mass is 15.1. The van der Waals surface area contributed by atoms with E-state index in [4.69, 9.17) is 0 Å². The van der Waals surface area contributed by atoms with Crippen molar-refractivity contribution in [1.82, 2.24) is 14.5 Å². The summed E-state index contributed by atoms with van der Waals surface area (Å²) in [6.07, 6.45) is 7.92. The van der Waals surface area contributed by atoms with Gasteiger partial charge in [0, 0.05) is 30.4 Å². The Balaban J connectivity index is 1.99. The molecule has 0 saturated heterocycles. The van der Waals surface area contributed by atoms with E-state index >= 15 is 0 Å². The number of aryl methyl sites for hydroxylation is 1. The number of imidazole rings is 1. The molecule has 2 heterocycles. The van der Waals surface area contributed by atoms with Crippen LogP contribution in [0.2, 0.25) is 0 Å². The maximum Gasteiger partial charge on any atom is 0.108 e. The molecule has 0 aliphatic carbocycles. The number of hydrogen-bond donors (Lipinski definition) is 0. The van der Waals surface area contributed by atoms with E-state index in [1.165, 1.54) is 10.9 Å². The van der Waals surface area contributed by atoms with Crippen molar-refractivity contribution in [1.29, 1.82) is 0 Å². The molecule has 3 heteroatoms. The van der Waals surface area contributed by atoms with Gasteiger partial charge in [-0.3, -0.25) is 4.98 Å². The van der Waals surface area contributed by atoms with E-state index in [9.17, 15) is 0 Å². The zero-order valence-electron chi connectivity index (χ0n) is 11.1. The second-order valence-electron chi connectivity index (χ2n) is 4.71. The maximum absolute atomic E-state index is 4.50. The molecular formula is C16H17N3. The van der Waals surface area contributed by atoms with Crippen LogP contribution >= 0.6 is 0 Å². The number of benzene rings is 1. The molecule has 3 nitrogen and oxygen atoms in total. The molecule has 3 aromatic rings. The van der Waals surface area contributed by atoms with Gasteiger partial charge in [-0.15, -0.1) is 0 Å². The SMILES string of the molecule is CCCc1nccn1Cc1cccc2cccnc12. The maximum atomic E-state index is 4.50. The first-order chi connectivity index (χ1) is 9.38. The number of nitrogens with zero attached hydrogens (tertiary/aromatic N) is 3. The van der Waals surface area contributed by atoms with Gasteiger partial charge in [-0.25, -0.2) is 4.98 Å². The fourth-order valence-corrected chi connectivity index (χ4v) is 2.41. The molecule has 0 unspecified atom stereocenters. The topological polar surface area (TPSA) is 30.7 Å². The molecule has 0 amide bonds. The lowest BCUT2D eigenvalue weighted by molar-refractivity contribution is 0.707. The van der Waals surface area contributed by atoms with Gasteiger partial charge in [0.1, 0.15) is 5.82 Å². The number of hydrogen-bond acceptors (Lipinski definition) is 2. The fraction of sp³-hybridized carbons (Fsp3) is 0.250. The van der Waals surface area contributed by atoms with Crippen molar-refractivity contribution >= 4 is 10.9 Å². The summed E-state index contributed by atoms with van der Waals surface area (Å²) in [4.78, 5) is 8.93. The highest BCUT2D eigenvalue weighted by Crippen LogP contribution is 2.17. The zero-order valence-corrected chi connectivity index (χ0v) is 11.1. The lowest BCUT2D eigenvalue weighted by Gasteiger charge is -2.09. The van der Waals surface area contributed by atoms with Crippen LogP contribution in [0.4, 0.5) is 0 Å². The van der Waals surface area contributed by atoms with Gasteiger partial charge in [0.05, 0.1) is 12.1 Å². The summed E-state index contributed by atoms with van der Waals surface area (Å²) in [5.74, 6) is 1.15. The first kappa shape index (κ1) is 11.9. The molecule has 0 fully saturated rings. The lowest BCUT2D eigenvalue weighted by Crippen LogP contribution is -2.05. The number of pyridine rings is 1. The lowest BCUT2D eigenvalue weighted by atomic mass is 10.1. The van der Waals surface area contributed by atoms with Crippen LogP contribution in [-0.2, 0) is 13.0 Å². The minimum atomic E-state index is 0.837. The van der Waals surface area contributed by atoms with Gasteiger partial charge in [-0.2, -0.15) is 0 Å². The van der Waals surface area contributed by atoms with Crippen molar-refractivity contribution in [3.8, 4) is 0 Å². The van der Waals surface area contributed by atoms with Gasteiger partial charge in [-0.1, -0.05) is 31.2 Å². The first-order valence-corrected chi connectivity index (χ1v) is 6.71. The van der Waals surface area contributed by atoms with Crippen LogP contribution in [0, 0.1) is 0 Å². The molecule has 3 rings (SSSR count). The van der Waals surface area contributed by atoms with E-state index in [-0.39, 0.29) is 0 Å². The Bertz CT molecular complexity index is 680. The number of rotatable bonds is 4. The summed E-state index contributed by atoms with van der Waals surface area (Å²) < 4.78 is 2.22. The predicted octanol–water partition coefficient (Wildman–Crippen LogP) is 3.43. The fourth-order valence-electron chi connectivity index (χ4n) is 2.41. The number of fused-ring (bicyclic) bond motifs is 1. The summed E-state index contributed by atoms with van der Waals surface area (Å²) in [6.45, 7) is 3.02. The third kappa shape index (κ3) is 2.36. The number of aromatic nitrogens is 3. The molecule has 0 saturated carbocycles. The largest absolute Gasteiger partial charge is 0.330 e. The van der Waals surface area contributed by atoms with Crippen molar-refractivity contribution in [2.24, 2.45) is 0 Å². The number of para-hydroxylation sites is 1. The second-order valence-corrected chi connectivity index (χ2v) is 4.71. The van der Waals surface area contributed by atoms with Crippen molar-refractivity contribution in [3.63, 3.8) is 0 Å². The van der Waals surface area contributed by atoms with Crippen LogP contribution in [0.5, 0.6) is 0 Å². The Morgan fingerprint density at radius 2 is 1.95 bits per heavy atom. The third-order valence-electron chi connectivity index (χ3n) is 3.33. The normalized spacial score (nSPS) is 11.0. The molecular weight excluding hydrogens is 234 g/mol. The monoisotopic (exact) mass is 251 g/mol. The van der Waals surface area contributed by atoms with Gasteiger partial charge in [-0.05, 0) is 18.1 Å². The summed E-state index contributed by atoms with van der Waals surface area (Å²) in [5.41, 5.74) is 2.33. The Morgan fingerprint density at radius 3 is 2.84 bits per heavy atom. The Labute approximate surface area is 112 Å². The molecule has 0 aliphatic heterocycles. The summed E-state index contributed by atoms with van der Waals surface area (Å²) in [7, 11) is 0. The first-order valence-electron chi connectivity index (χ1n) is 6.71. The van der Waals surface area contributed by atoms with Crippen LogP contribution in [0.3, 0.4) is 0 Å². The Morgan fingerprint density at radius 1 is 1.05 bits per heavy atom. The third-order valence-corrected chi connectivity index (χ3v) is 3.33. The van der Waals surface area contributed by atoms with Crippen LogP contribution < -0.4 is 0 Å². The average Bonchev–Trinajstić information content (AvgIpc) is 2.87. The molecule has 1 aromatic carbocycles. The molecule has 0 radical (unpaired) electrons. The highest BCUT2D eigenvalue weighted by Gasteiger charge is 2.06. The summed E-state index contributed by atoms with van der Waals surface area (Å²) in [6, 6.07) is 10.4. The molecule has 2 aromatic heterocycles. The van der Waals surface area contributed by atoms with Gasteiger partial charge < -0.3 is 4.57 Å². The van der Waals surface area contributed by atoms with Crippen molar-refractivity contribution in [2.75, 3.05) is 0 Å². The average molecular weight is 251 g/mol. The molecule has 0 N–H and O–H groups in total. The van der Waals surface area contributed by atoms with E-state index in [0.717, 1.165) is 30.7 Å². The summed E-state index contributed by atoms with van der Waals surface area (Å²) in [5, 5.41) is 1.19. The van der Waals surface area contributed by atoms with E-state index in [2.05, 4.69) is 45.7 Å². The minimum Gasteiger partial charge on any atom is -0.330 e. The zero-order chi connectivity index (χ0) is 13.1. The standard InChI is InChI=1S/C16H17N3/c1-2-5-15-17-10-11-19(15)12-14-7-3-6-13-8-4-9-18-16(13)14/h3-4,6-11H,2,5,12H2,1H3. The molecule has 0 bridgehead atoms. The van der Waals surface area contributed by atoms with Crippen LogP contribution in [0.15, 0.2) is 48.9 Å². The Hall–Kier alpha value is -2.16. The van der Waals surface area contributed by atoms with Crippen LogP contribution in [0.1, 0.15) is 24.7 Å². The smallest absolute Gasteiger partial charge is 0.108 e. The highest BCUT2D eigenvalue weighted by molar-refractivity contribution is 5.81. The van der Waals surface area contributed by atoms with Crippen LogP contribution in [0.25, 0.3) is 10.9 Å². The Kier molecular flexibility index (Phi) is 3.27.